The number of ether oxygens (including phenoxy) is 1. The van der Waals surface area contributed by atoms with Gasteiger partial charge in [0.15, 0.2) is 0 Å². The SMILES string of the molecule is CC=CCOCCn1cc(CNCC)nn1. The largest absolute Gasteiger partial charge is 0.375 e. The van der Waals surface area contributed by atoms with Gasteiger partial charge in [0.05, 0.1) is 25.5 Å². The smallest absolute Gasteiger partial charge is 0.0964 e. The van der Waals surface area contributed by atoms with E-state index in [0.29, 0.717) is 13.2 Å². The highest BCUT2D eigenvalue weighted by Crippen LogP contribution is 1.92. The van der Waals surface area contributed by atoms with Gasteiger partial charge in [0, 0.05) is 12.7 Å². The minimum atomic E-state index is 0.661. The number of rotatable bonds is 8. The molecule has 5 nitrogen and oxygen atoms in total. The van der Waals surface area contributed by atoms with E-state index in [4.69, 9.17) is 4.74 Å². The van der Waals surface area contributed by atoms with Gasteiger partial charge in [-0.1, -0.05) is 24.3 Å². The summed E-state index contributed by atoms with van der Waals surface area (Å²) in [5.74, 6) is 0. The quantitative estimate of drug-likeness (QED) is 0.528. The van der Waals surface area contributed by atoms with E-state index in [1.54, 1.807) is 0 Å². The molecule has 0 atom stereocenters. The van der Waals surface area contributed by atoms with Crippen molar-refractivity contribution in [1.82, 2.24) is 20.3 Å². The van der Waals surface area contributed by atoms with Gasteiger partial charge in [-0.2, -0.15) is 0 Å². The van der Waals surface area contributed by atoms with Gasteiger partial charge in [-0.25, -0.2) is 4.68 Å². The Hall–Kier alpha value is -1.20. The molecule has 0 spiro atoms. The van der Waals surface area contributed by atoms with Crippen molar-refractivity contribution >= 4 is 0 Å². The van der Waals surface area contributed by atoms with Crippen molar-refractivity contribution in [1.29, 1.82) is 0 Å². The molecule has 90 valence electrons. The van der Waals surface area contributed by atoms with E-state index in [2.05, 4.69) is 22.6 Å². The monoisotopic (exact) mass is 224 g/mol. The Kier molecular flexibility index (Phi) is 6.44. The molecule has 0 saturated carbocycles. The summed E-state index contributed by atoms with van der Waals surface area (Å²) in [6.07, 6.45) is 5.91. The second-order valence-electron chi connectivity index (χ2n) is 3.40. The summed E-state index contributed by atoms with van der Waals surface area (Å²) in [6, 6.07) is 0. The number of nitrogens with one attached hydrogen (secondary N) is 1. The summed E-state index contributed by atoms with van der Waals surface area (Å²) in [7, 11) is 0. The van der Waals surface area contributed by atoms with Crippen LogP contribution in [0.1, 0.15) is 19.5 Å². The van der Waals surface area contributed by atoms with E-state index in [0.717, 1.165) is 25.3 Å². The first kappa shape index (κ1) is 12.9. The molecule has 0 unspecified atom stereocenters. The number of aromatic nitrogens is 3. The summed E-state index contributed by atoms with van der Waals surface area (Å²) in [5, 5.41) is 11.3. The van der Waals surface area contributed by atoms with Crippen molar-refractivity contribution in [2.24, 2.45) is 0 Å². The van der Waals surface area contributed by atoms with E-state index in [1.807, 2.05) is 30.0 Å². The minimum Gasteiger partial charge on any atom is -0.375 e. The first-order valence-corrected chi connectivity index (χ1v) is 5.65. The molecule has 1 aromatic rings. The lowest BCUT2D eigenvalue weighted by Gasteiger charge is -2.00. The molecule has 1 aromatic heterocycles. The highest BCUT2D eigenvalue weighted by atomic mass is 16.5. The first-order valence-electron chi connectivity index (χ1n) is 5.65. The minimum absolute atomic E-state index is 0.661. The van der Waals surface area contributed by atoms with Crippen molar-refractivity contribution in [3.05, 3.63) is 24.0 Å². The van der Waals surface area contributed by atoms with Gasteiger partial charge in [0.1, 0.15) is 0 Å². The molecule has 1 heterocycles. The van der Waals surface area contributed by atoms with E-state index < -0.39 is 0 Å². The van der Waals surface area contributed by atoms with Crippen LogP contribution in [0.2, 0.25) is 0 Å². The van der Waals surface area contributed by atoms with Gasteiger partial charge in [-0.05, 0) is 13.5 Å². The maximum Gasteiger partial charge on any atom is 0.0964 e. The van der Waals surface area contributed by atoms with Crippen LogP contribution in [0.4, 0.5) is 0 Å². The van der Waals surface area contributed by atoms with Gasteiger partial charge < -0.3 is 10.1 Å². The molecule has 16 heavy (non-hydrogen) atoms. The predicted octanol–water partition coefficient (Wildman–Crippen LogP) is 0.980. The van der Waals surface area contributed by atoms with E-state index in [1.165, 1.54) is 0 Å². The van der Waals surface area contributed by atoms with Crippen LogP contribution in [0.25, 0.3) is 0 Å². The molecule has 0 bridgehead atoms. The topological polar surface area (TPSA) is 52.0 Å². The maximum absolute atomic E-state index is 5.38. The van der Waals surface area contributed by atoms with E-state index >= 15 is 0 Å². The van der Waals surface area contributed by atoms with Crippen LogP contribution < -0.4 is 5.32 Å². The molecular formula is C11H20N4O. The van der Waals surface area contributed by atoms with Gasteiger partial charge in [-0.15, -0.1) is 5.10 Å². The molecule has 0 fully saturated rings. The van der Waals surface area contributed by atoms with Crippen LogP contribution in [0.5, 0.6) is 0 Å². The van der Waals surface area contributed by atoms with Gasteiger partial charge in [0.25, 0.3) is 0 Å². The lowest BCUT2D eigenvalue weighted by Crippen LogP contribution is -2.11. The summed E-state index contributed by atoms with van der Waals surface area (Å²) >= 11 is 0. The second-order valence-corrected chi connectivity index (χ2v) is 3.40. The highest BCUT2D eigenvalue weighted by molar-refractivity contribution is 4.91. The normalized spacial score (nSPS) is 11.4. The van der Waals surface area contributed by atoms with Crippen molar-refractivity contribution < 1.29 is 4.74 Å². The summed E-state index contributed by atoms with van der Waals surface area (Å²) in [4.78, 5) is 0. The number of nitrogens with zero attached hydrogens (tertiary/aromatic N) is 3. The molecule has 1 rings (SSSR count). The van der Waals surface area contributed by atoms with Crippen LogP contribution in [0, 0.1) is 0 Å². The summed E-state index contributed by atoms with van der Waals surface area (Å²) in [6.45, 7) is 7.84. The van der Waals surface area contributed by atoms with Crippen molar-refractivity contribution in [3.8, 4) is 0 Å². The molecule has 0 aliphatic rings. The summed E-state index contributed by atoms with van der Waals surface area (Å²) < 4.78 is 7.19. The lowest BCUT2D eigenvalue weighted by molar-refractivity contribution is 0.149. The van der Waals surface area contributed by atoms with Crippen LogP contribution in [-0.2, 0) is 17.8 Å². The van der Waals surface area contributed by atoms with E-state index in [9.17, 15) is 0 Å². The molecule has 0 aliphatic heterocycles. The Morgan fingerprint density at radius 2 is 2.44 bits per heavy atom. The zero-order valence-electron chi connectivity index (χ0n) is 10.0. The van der Waals surface area contributed by atoms with Crippen LogP contribution in [-0.4, -0.2) is 34.8 Å². The zero-order chi connectivity index (χ0) is 11.6. The number of hydrogen-bond acceptors (Lipinski definition) is 4. The second kappa shape index (κ2) is 8.01. The third-order valence-electron chi connectivity index (χ3n) is 2.06. The third-order valence-corrected chi connectivity index (χ3v) is 2.06. The molecular weight excluding hydrogens is 204 g/mol. The molecule has 0 aliphatic carbocycles. The van der Waals surface area contributed by atoms with Crippen molar-refractivity contribution in [3.63, 3.8) is 0 Å². The highest BCUT2D eigenvalue weighted by Gasteiger charge is 1.99. The Morgan fingerprint density at radius 1 is 1.56 bits per heavy atom. The average molecular weight is 224 g/mol. The molecule has 5 heteroatoms. The standard InChI is InChI=1S/C11H20N4O/c1-3-5-7-16-8-6-15-10-11(13-14-15)9-12-4-2/h3,5,10,12H,4,6-9H2,1-2H3. The number of hydrogen-bond donors (Lipinski definition) is 1. The fourth-order valence-corrected chi connectivity index (χ4v) is 1.19. The van der Waals surface area contributed by atoms with Gasteiger partial charge >= 0.3 is 0 Å². The Bertz CT molecular complexity index is 309. The first-order chi connectivity index (χ1) is 7.86. The molecule has 0 radical (unpaired) electrons. The molecule has 0 aromatic carbocycles. The Balaban J connectivity index is 2.18. The summed E-state index contributed by atoms with van der Waals surface area (Å²) in [5.41, 5.74) is 0.968. The van der Waals surface area contributed by atoms with E-state index in [-0.39, 0.29) is 0 Å². The van der Waals surface area contributed by atoms with Crippen molar-refractivity contribution in [2.45, 2.75) is 26.9 Å². The lowest BCUT2D eigenvalue weighted by atomic mass is 10.4. The molecule has 0 amide bonds. The predicted molar refractivity (Wildman–Crippen MR) is 63.0 cm³/mol. The maximum atomic E-state index is 5.38. The Morgan fingerprint density at radius 3 is 3.19 bits per heavy atom. The van der Waals surface area contributed by atoms with Crippen LogP contribution in [0.15, 0.2) is 18.3 Å². The molecule has 1 N–H and O–H groups in total. The fraction of sp³-hybridized carbons (Fsp3) is 0.636. The Labute approximate surface area is 96.5 Å². The fourth-order valence-electron chi connectivity index (χ4n) is 1.19. The van der Waals surface area contributed by atoms with Gasteiger partial charge in [-0.3, -0.25) is 0 Å². The number of allylic oxidation sites excluding steroid dienone is 1. The molecule has 0 saturated heterocycles. The zero-order valence-corrected chi connectivity index (χ0v) is 10.0. The van der Waals surface area contributed by atoms with Crippen LogP contribution in [0.3, 0.4) is 0 Å². The average Bonchev–Trinajstić information content (AvgIpc) is 2.74. The third kappa shape index (κ3) is 5.04. The van der Waals surface area contributed by atoms with Gasteiger partial charge in [0.2, 0.25) is 0 Å². The van der Waals surface area contributed by atoms with Crippen LogP contribution >= 0.6 is 0 Å². The van der Waals surface area contributed by atoms with Crippen molar-refractivity contribution in [2.75, 3.05) is 19.8 Å².